The Kier molecular flexibility index (Phi) is 3.23. The van der Waals surface area contributed by atoms with Gasteiger partial charge >= 0.3 is 0 Å². The highest BCUT2D eigenvalue weighted by molar-refractivity contribution is 9.10. The van der Waals surface area contributed by atoms with E-state index in [4.69, 9.17) is 5.73 Å². The maximum absolute atomic E-state index is 13.1. The van der Waals surface area contributed by atoms with E-state index >= 15 is 0 Å². The molecule has 0 spiro atoms. The summed E-state index contributed by atoms with van der Waals surface area (Å²) in [5, 5.41) is 0. The van der Waals surface area contributed by atoms with Crippen LogP contribution in [0.5, 0.6) is 0 Å². The van der Waals surface area contributed by atoms with Crippen LogP contribution in [-0.2, 0) is 6.42 Å². The fraction of sp³-hybridized carbons (Fsp3) is 0.333. The second kappa shape index (κ2) is 4.01. The Bertz CT molecular complexity index is 286. The second-order valence-corrected chi connectivity index (χ2v) is 3.53. The average molecular weight is 232 g/mol. The fourth-order valence-electron chi connectivity index (χ4n) is 1.15. The third kappa shape index (κ3) is 1.84. The SMILES string of the molecule is Cc1c(Br)ccc(F)c1CCN. The molecule has 66 valence electrons. The monoisotopic (exact) mass is 231 g/mol. The molecule has 0 unspecified atom stereocenters. The lowest BCUT2D eigenvalue weighted by atomic mass is 10.1. The molecule has 2 N–H and O–H groups in total. The zero-order chi connectivity index (χ0) is 9.14. The van der Waals surface area contributed by atoms with Crippen molar-refractivity contribution in [3.05, 3.63) is 33.5 Å². The summed E-state index contributed by atoms with van der Waals surface area (Å²) in [6.45, 7) is 2.37. The topological polar surface area (TPSA) is 26.0 Å². The summed E-state index contributed by atoms with van der Waals surface area (Å²) in [6.07, 6.45) is 0.594. The van der Waals surface area contributed by atoms with Crippen LogP contribution in [0.25, 0.3) is 0 Å². The van der Waals surface area contributed by atoms with Gasteiger partial charge in [-0.25, -0.2) is 4.39 Å². The molecule has 0 bridgehead atoms. The highest BCUT2D eigenvalue weighted by Gasteiger charge is 2.06. The number of rotatable bonds is 2. The van der Waals surface area contributed by atoms with E-state index in [0.717, 1.165) is 10.0 Å². The maximum Gasteiger partial charge on any atom is 0.126 e. The third-order valence-electron chi connectivity index (χ3n) is 1.87. The van der Waals surface area contributed by atoms with Gasteiger partial charge in [0.2, 0.25) is 0 Å². The number of benzene rings is 1. The number of halogens is 2. The number of hydrogen-bond donors (Lipinski definition) is 1. The van der Waals surface area contributed by atoms with Crippen LogP contribution in [0.1, 0.15) is 11.1 Å². The van der Waals surface area contributed by atoms with Gasteiger partial charge in [-0.05, 0) is 43.1 Å². The molecule has 3 heteroatoms. The van der Waals surface area contributed by atoms with Crippen molar-refractivity contribution in [3.8, 4) is 0 Å². The lowest BCUT2D eigenvalue weighted by Gasteiger charge is -2.07. The van der Waals surface area contributed by atoms with E-state index in [9.17, 15) is 4.39 Å². The van der Waals surface area contributed by atoms with Crippen LogP contribution in [0.3, 0.4) is 0 Å². The van der Waals surface area contributed by atoms with E-state index in [2.05, 4.69) is 15.9 Å². The molecule has 0 aromatic heterocycles. The standard InChI is InChI=1S/C9H11BrFN/c1-6-7(4-5-12)9(11)3-2-8(6)10/h2-3H,4-5,12H2,1H3. The van der Waals surface area contributed by atoms with Crippen LogP contribution < -0.4 is 5.73 Å². The van der Waals surface area contributed by atoms with Gasteiger partial charge in [-0.3, -0.25) is 0 Å². The zero-order valence-corrected chi connectivity index (χ0v) is 8.49. The maximum atomic E-state index is 13.1. The molecular formula is C9H11BrFN. The van der Waals surface area contributed by atoms with Gasteiger partial charge in [0.15, 0.2) is 0 Å². The summed E-state index contributed by atoms with van der Waals surface area (Å²) in [4.78, 5) is 0. The number of hydrogen-bond acceptors (Lipinski definition) is 1. The Hall–Kier alpha value is -0.410. The summed E-state index contributed by atoms with van der Waals surface area (Å²) in [5.41, 5.74) is 7.03. The van der Waals surface area contributed by atoms with Gasteiger partial charge in [-0.1, -0.05) is 15.9 Å². The van der Waals surface area contributed by atoms with E-state index < -0.39 is 0 Å². The highest BCUT2D eigenvalue weighted by atomic mass is 79.9. The summed E-state index contributed by atoms with van der Waals surface area (Å²) >= 11 is 3.34. The zero-order valence-electron chi connectivity index (χ0n) is 6.90. The molecule has 0 saturated heterocycles. The molecule has 1 rings (SSSR count). The molecule has 0 radical (unpaired) electrons. The van der Waals surface area contributed by atoms with Gasteiger partial charge in [0.25, 0.3) is 0 Å². The molecule has 1 aromatic carbocycles. The largest absolute Gasteiger partial charge is 0.330 e. The second-order valence-electron chi connectivity index (χ2n) is 2.67. The molecule has 0 aliphatic carbocycles. The van der Waals surface area contributed by atoms with Crippen molar-refractivity contribution in [2.45, 2.75) is 13.3 Å². The minimum absolute atomic E-state index is 0.166. The Morgan fingerprint density at radius 2 is 2.17 bits per heavy atom. The van der Waals surface area contributed by atoms with Gasteiger partial charge in [-0.15, -0.1) is 0 Å². The first kappa shape index (κ1) is 9.68. The molecule has 0 saturated carbocycles. The predicted octanol–water partition coefficient (Wildman–Crippen LogP) is 2.40. The Morgan fingerprint density at radius 1 is 1.50 bits per heavy atom. The van der Waals surface area contributed by atoms with Gasteiger partial charge in [-0.2, -0.15) is 0 Å². The van der Waals surface area contributed by atoms with Crippen molar-refractivity contribution in [2.24, 2.45) is 5.73 Å². The van der Waals surface area contributed by atoms with Crippen molar-refractivity contribution >= 4 is 15.9 Å². The predicted molar refractivity (Wildman–Crippen MR) is 51.6 cm³/mol. The van der Waals surface area contributed by atoms with E-state index in [0.29, 0.717) is 18.5 Å². The third-order valence-corrected chi connectivity index (χ3v) is 2.73. The molecule has 12 heavy (non-hydrogen) atoms. The van der Waals surface area contributed by atoms with Gasteiger partial charge in [0, 0.05) is 4.47 Å². The van der Waals surface area contributed by atoms with E-state index in [1.54, 1.807) is 6.07 Å². The summed E-state index contributed by atoms with van der Waals surface area (Å²) in [5.74, 6) is -0.166. The highest BCUT2D eigenvalue weighted by Crippen LogP contribution is 2.22. The van der Waals surface area contributed by atoms with Crippen LogP contribution in [0, 0.1) is 12.7 Å². The molecule has 0 fully saturated rings. The molecule has 1 nitrogen and oxygen atoms in total. The summed E-state index contributed by atoms with van der Waals surface area (Å²) in [6, 6.07) is 3.17. The van der Waals surface area contributed by atoms with Crippen LogP contribution in [0.15, 0.2) is 16.6 Å². The fourth-order valence-corrected chi connectivity index (χ4v) is 1.52. The lowest BCUT2D eigenvalue weighted by molar-refractivity contribution is 0.607. The van der Waals surface area contributed by atoms with E-state index in [1.807, 2.05) is 6.92 Å². The van der Waals surface area contributed by atoms with Crippen LogP contribution in [0.4, 0.5) is 4.39 Å². The molecular weight excluding hydrogens is 221 g/mol. The summed E-state index contributed by atoms with van der Waals surface area (Å²) < 4.78 is 14.1. The van der Waals surface area contributed by atoms with Crippen molar-refractivity contribution in [2.75, 3.05) is 6.54 Å². The first-order valence-corrected chi connectivity index (χ1v) is 4.59. The minimum atomic E-state index is -0.166. The van der Waals surface area contributed by atoms with Gasteiger partial charge in [0.05, 0.1) is 0 Å². The molecule has 0 atom stereocenters. The van der Waals surface area contributed by atoms with Crippen molar-refractivity contribution in [3.63, 3.8) is 0 Å². The minimum Gasteiger partial charge on any atom is -0.330 e. The van der Waals surface area contributed by atoms with Crippen LogP contribution >= 0.6 is 15.9 Å². The quantitative estimate of drug-likeness (QED) is 0.832. The Balaban J connectivity index is 3.14. The first-order chi connectivity index (χ1) is 5.66. The van der Waals surface area contributed by atoms with Crippen LogP contribution in [-0.4, -0.2) is 6.54 Å². The Morgan fingerprint density at radius 3 is 2.75 bits per heavy atom. The molecule has 0 heterocycles. The normalized spacial score (nSPS) is 10.3. The molecule has 1 aromatic rings. The lowest BCUT2D eigenvalue weighted by Crippen LogP contribution is -2.06. The molecule has 0 amide bonds. The molecule has 0 aliphatic heterocycles. The van der Waals surface area contributed by atoms with Crippen molar-refractivity contribution in [1.29, 1.82) is 0 Å². The van der Waals surface area contributed by atoms with Crippen molar-refractivity contribution in [1.82, 2.24) is 0 Å². The average Bonchev–Trinajstić information content (AvgIpc) is 2.06. The number of nitrogens with two attached hydrogens (primary N) is 1. The first-order valence-electron chi connectivity index (χ1n) is 3.80. The smallest absolute Gasteiger partial charge is 0.126 e. The Labute approximate surface area is 79.9 Å². The van der Waals surface area contributed by atoms with E-state index in [1.165, 1.54) is 6.07 Å². The molecule has 0 aliphatic rings. The van der Waals surface area contributed by atoms with Crippen LogP contribution in [0.2, 0.25) is 0 Å². The van der Waals surface area contributed by atoms with Gasteiger partial charge in [0.1, 0.15) is 5.82 Å². The van der Waals surface area contributed by atoms with Gasteiger partial charge < -0.3 is 5.73 Å². The van der Waals surface area contributed by atoms with E-state index in [-0.39, 0.29) is 5.82 Å². The summed E-state index contributed by atoms with van der Waals surface area (Å²) in [7, 11) is 0. The van der Waals surface area contributed by atoms with Crippen molar-refractivity contribution < 1.29 is 4.39 Å².